The Hall–Kier alpha value is -4.68. The molecule has 0 atom stereocenters. The molecule has 0 unspecified atom stereocenters. The van der Waals surface area contributed by atoms with Gasteiger partial charge in [0.05, 0.1) is 22.4 Å². The van der Waals surface area contributed by atoms with Crippen molar-refractivity contribution in [1.82, 2.24) is 9.55 Å². The molecule has 0 aliphatic heterocycles. The normalized spacial score (nSPS) is 11.1. The number of nitrogens with zero attached hydrogens (tertiary/aromatic N) is 3. The highest BCUT2D eigenvalue weighted by atomic mass is 15.0. The van der Waals surface area contributed by atoms with E-state index >= 15 is 0 Å². The molecular weight excluding hydrogens is 414 g/mol. The first-order valence-electron chi connectivity index (χ1n) is 11.3. The summed E-state index contributed by atoms with van der Waals surface area (Å²) in [7, 11) is 0. The zero-order valence-electron chi connectivity index (χ0n) is 18.7. The Bertz CT molecular complexity index is 1680. The van der Waals surface area contributed by atoms with Gasteiger partial charge in [0.25, 0.3) is 0 Å². The van der Waals surface area contributed by atoms with Gasteiger partial charge < -0.3 is 4.57 Å². The average molecular weight is 436 g/mol. The van der Waals surface area contributed by atoms with Crippen LogP contribution in [0.15, 0.2) is 109 Å². The lowest BCUT2D eigenvalue weighted by molar-refractivity contribution is 1.15. The summed E-state index contributed by atoms with van der Waals surface area (Å²) in [6, 6.07) is 39.8. The fraction of sp³-hybridized carbons (Fsp3) is 0.0323. The number of rotatable bonds is 3. The molecule has 6 rings (SSSR count). The zero-order valence-corrected chi connectivity index (χ0v) is 18.7. The van der Waals surface area contributed by atoms with Crippen LogP contribution in [0, 0.1) is 18.3 Å². The summed E-state index contributed by atoms with van der Waals surface area (Å²) in [5.41, 5.74) is 9.25. The number of nitriles is 1. The van der Waals surface area contributed by atoms with E-state index in [0.717, 1.165) is 22.4 Å². The number of hydrogen-bond donors (Lipinski definition) is 0. The number of para-hydroxylation sites is 3. The van der Waals surface area contributed by atoms with Gasteiger partial charge in [0, 0.05) is 21.9 Å². The van der Waals surface area contributed by atoms with Crippen LogP contribution in [-0.2, 0) is 0 Å². The summed E-state index contributed by atoms with van der Waals surface area (Å²) in [5.74, 6) is 0. The van der Waals surface area contributed by atoms with Crippen molar-refractivity contribution in [2.45, 2.75) is 6.92 Å². The van der Waals surface area contributed by atoms with Crippen LogP contribution < -0.4 is 0 Å². The standard InChI is InChI=1S/C31H21N3/c1-21-9-6-15-25(22-10-7-11-23(19-22)28-16-8-12-24(20-32)33-28)31(21)34-29-17-4-2-13-26(29)27-14-3-5-18-30(27)34/h2-19H,1H3. The van der Waals surface area contributed by atoms with Gasteiger partial charge in [0.1, 0.15) is 11.8 Å². The number of hydrogen-bond acceptors (Lipinski definition) is 2. The average Bonchev–Trinajstić information content (AvgIpc) is 3.23. The van der Waals surface area contributed by atoms with Crippen LogP contribution in [0.2, 0.25) is 0 Å². The summed E-state index contributed by atoms with van der Waals surface area (Å²) in [6.07, 6.45) is 0. The van der Waals surface area contributed by atoms with Crippen LogP contribution in [-0.4, -0.2) is 9.55 Å². The lowest BCUT2D eigenvalue weighted by atomic mass is 9.97. The van der Waals surface area contributed by atoms with Crippen LogP contribution in [0.3, 0.4) is 0 Å². The highest BCUT2D eigenvalue weighted by Gasteiger charge is 2.17. The van der Waals surface area contributed by atoms with Gasteiger partial charge in [-0.05, 0) is 48.4 Å². The zero-order chi connectivity index (χ0) is 23.1. The molecule has 2 heterocycles. The van der Waals surface area contributed by atoms with E-state index < -0.39 is 0 Å². The molecule has 0 bridgehead atoms. The molecule has 0 aliphatic carbocycles. The molecule has 3 nitrogen and oxygen atoms in total. The molecule has 0 amide bonds. The molecule has 34 heavy (non-hydrogen) atoms. The molecule has 3 heteroatoms. The molecule has 160 valence electrons. The van der Waals surface area contributed by atoms with Gasteiger partial charge in [-0.3, -0.25) is 0 Å². The first-order chi connectivity index (χ1) is 16.7. The van der Waals surface area contributed by atoms with Crippen molar-refractivity contribution in [3.8, 4) is 34.1 Å². The molecule has 2 aromatic heterocycles. The Balaban J connectivity index is 1.62. The molecular formula is C31H21N3. The van der Waals surface area contributed by atoms with E-state index in [1.807, 2.05) is 18.2 Å². The SMILES string of the molecule is Cc1cccc(-c2cccc(-c3cccc(C#N)n3)c2)c1-n1c2ccccc2c2ccccc21. The Morgan fingerprint density at radius 2 is 1.32 bits per heavy atom. The largest absolute Gasteiger partial charge is 0.308 e. The second-order valence-electron chi connectivity index (χ2n) is 8.44. The molecule has 0 aliphatic rings. The third-order valence-electron chi connectivity index (χ3n) is 6.37. The minimum atomic E-state index is 0.421. The van der Waals surface area contributed by atoms with Crippen molar-refractivity contribution < 1.29 is 0 Å². The number of aromatic nitrogens is 2. The first kappa shape index (κ1) is 20.0. The predicted molar refractivity (Wildman–Crippen MR) is 139 cm³/mol. The molecule has 0 saturated carbocycles. The lowest BCUT2D eigenvalue weighted by Gasteiger charge is -2.17. The monoisotopic (exact) mass is 435 g/mol. The van der Waals surface area contributed by atoms with E-state index in [0.29, 0.717) is 5.69 Å². The van der Waals surface area contributed by atoms with Crippen LogP contribution in [0.1, 0.15) is 11.3 Å². The minimum absolute atomic E-state index is 0.421. The first-order valence-corrected chi connectivity index (χ1v) is 11.3. The van der Waals surface area contributed by atoms with E-state index in [9.17, 15) is 5.26 Å². The maximum atomic E-state index is 9.27. The van der Waals surface area contributed by atoms with Crippen molar-refractivity contribution >= 4 is 21.8 Å². The maximum Gasteiger partial charge on any atom is 0.141 e. The third kappa shape index (κ3) is 3.17. The number of benzene rings is 4. The summed E-state index contributed by atoms with van der Waals surface area (Å²) in [5, 5.41) is 11.8. The van der Waals surface area contributed by atoms with Crippen molar-refractivity contribution in [3.63, 3.8) is 0 Å². The Morgan fingerprint density at radius 3 is 2.06 bits per heavy atom. The number of pyridine rings is 1. The van der Waals surface area contributed by atoms with Crippen LogP contribution in [0.4, 0.5) is 0 Å². The Morgan fingerprint density at radius 1 is 0.676 bits per heavy atom. The minimum Gasteiger partial charge on any atom is -0.308 e. The molecule has 4 aromatic carbocycles. The van der Waals surface area contributed by atoms with Crippen LogP contribution in [0.5, 0.6) is 0 Å². The molecule has 0 fully saturated rings. The van der Waals surface area contributed by atoms with Crippen LogP contribution in [0.25, 0.3) is 49.9 Å². The molecule has 6 aromatic rings. The van der Waals surface area contributed by atoms with Crippen molar-refractivity contribution in [1.29, 1.82) is 5.26 Å². The van der Waals surface area contributed by atoms with Gasteiger partial charge in [0.15, 0.2) is 0 Å². The van der Waals surface area contributed by atoms with E-state index in [1.165, 1.54) is 33.1 Å². The summed E-state index contributed by atoms with van der Waals surface area (Å²) < 4.78 is 2.39. The fourth-order valence-electron chi connectivity index (χ4n) is 4.86. The van der Waals surface area contributed by atoms with Gasteiger partial charge in [-0.25, -0.2) is 4.98 Å². The topological polar surface area (TPSA) is 41.6 Å². The maximum absolute atomic E-state index is 9.27. The third-order valence-corrected chi connectivity index (χ3v) is 6.37. The smallest absolute Gasteiger partial charge is 0.141 e. The summed E-state index contributed by atoms with van der Waals surface area (Å²) in [4.78, 5) is 4.50. The molecule has 0 spiro atoms. The van der Waals surface area contributed by atoms with Gasteiger partial charge >= 0.3 is 0 Å². The van der Waals surface area contributed by atoms with E-state index in [4.69, 9.17) is 0 Å². The lowest BCUT2D eigenvalue weighted by Crippen LogP contribution is -2.00. The Kier molecular flexibility index (Phi) is 4.71. The van der Waals surface area contributed by atoms with Crippen molar-refractivity contribution in [2.24, 2.45) is 0 Å². The molecule has 0 N–H and O–H groups in total. The number of fused-ring (bicyclic) bond motifs is 3. The van der Waals surface area contributed by atoms with Gasteiger partial charge in [-0.15, -0.1) is 0 Å². The van der Waals surface area contributed by atoms with Gasteiger partial charge in [-0.1, -0.05) is 78.9 Å². The van der Waals surface area contributed by atoms with Gasteiger partial charge in [0.2, 0.25) is 0 Å². The summed E-state index contributed by atoms with van der Waals surface area (Å²) in [6.45, 7) is 2.17. The Labute approximate surface area is 198 Å². The van der Waals surface area contributed by atoms with Gasteiger partial charge in [-0.2, -0.15) is 5.26 Å². The van der Waals surface area contributed by atoms with E-state index in [2.05, 4.69) is 107 Å². The van der Waals surface area contributed by atoms with Crippen molar-refractivity contribution in [2.75, 3.05) is 0 Å². The number of aryl methyl sites for hydroxylation is 1. The summed E-state index contributed by atoms with van der Waals surface area (Å²) >= 11 is 0. The second kappa shape index (κ2) is 8.03. The predicted octanol–water partition coefficient (Wildman–Crippen LogP) is 7.69. The molecule has 0 saturated heterocycles. The van der Waals surface area contributed by atoms with E-state index in [-0.39, 0.29) is 0 Å². The highest BCUT2D eigenvalue weighted by molar-refractivity contribution is 6.09. The fourth-order valence-corrected chi connectivity index (χ4v) is 4.86. The second-order valence-corrected chi connectivity index (χ2v) is 8.44. The van der Waals surface area contributed by atoms with E-state index in [1.54, 1.807) is 6.07 Å². The quantitative estimate of drug-likeness (QED) is 0.286. The molecule has 0 radical (unpaired) electrons. The van der Waals surface area contributed by atoms with Crippen LogP contribution >= 0.6 is 0 Å². The van der Waals surface area contributed by atoms with Crippen molar-refractivity contribution in [3.05, 3.63) is 120 Å². The highest BCUT2D eigenvalue weighted by Crippen LogP contribution is 2.38.